The molecule has 1 N–H and O–H groups in total. The molecule has 20 heavy (non-hydrogen) atoms. The molecule has 0 aliphatic rings. The molecular formula is C15H18N2O3. The lowest BCUT2D eigenvalue weighted by Gasteiger charge is -2.10. The molecule has 0 aromatic heterocycles. The molecule has 1 rings (SSSR count). The highest BCUT2D eigenvalue weighted by Gasteiger charge is 2.07. The first kappa shape index (κ1) is 15.6. The summed E-state index contributed by atoms with van der Waals surface area (Å²) in [6.45, 7) is 4.44. The number of rotatable bonds is 6. The highest BCUT2D eigenvalue weighted by atomic mass is 16.5. The zero-order valence-electron chi connectivity index (χ0n) is 11.8. The van der Waals surface area contributed by atoms with E-state index >= 15 is 0 Å². The quantitative estimate of drug-likeness (QED) is 0.489. The fraction of sp³-hybridized carbons (Fsp3) is 0.333. The molecule has 0 bridgehead atoms. The lowest BCUT2D eigenvalue weighted by atomic mass is 10.2. The van der Waals surface area contributed by atoms with Gasteiger partial charge in [-0.15, -0.1) is 0 Å². The third-order valence-electron chi connectivity index (χ3n) is 2.37. The van der Waals surface area contributed by atoms with Crippen molar-refractivity contribution in [3.05, 3.63) is 41.6 Å². The molecule has 0 amide bonds. The van der Waals surface area contributed by atoms with E-state index in [1.165, 1.54) is 13.3 Å². The topological polar surface area (TPSA) is 71.4 Å². The van der Waals surface area contributed by atoms with Gasteiger partial charge in [0.15, 0.2) is 5.57 Å². The van der Waals surface area contributed by atoms with Crippen LogP contribution in [0.5, 0.6) is 5.75 Å². The Bertz CT molecular complexity index is 513. The number of nitriles is 1. The summed E-state index contributed by atoms with van der Waals surface area (Å²) in [5.74, 6) is 0.159. The van der Waals surface area contributed by atoms with Crippen LogP contribution in [0.4, 0.5) is 0 Å². The summed E-state index contributed by atoms with van der Waals surface area (Å²) in [5, 5.41) is 11.7. The van der Waals surface area contributed by atoms with E-state index in [-0.39, 0.29) is 11.7 Å². The molecule has 0 unspecified atom stereocenters. The molecule has 106 valence electrons. The van der Waals surface area contributed by atoms with Crippen LogP contribution in [0, 0.1) is 11.3 Å². The fourth-order valence-electron chi connectivity index (χ4n) is 1.48. The van der Waals surface area contributed by atoms with Crippen molar-refractivity contribution in [1.82, 2.24) is 5.32 Å². The summed E-state index contributed by atoms with van der Waals surface area (Å²) in [6, 6.07) is 9.37. The molecule has 0 saturated carbocycles. The van der Waals surface area contributed by atoms with Crippen LogP contribution in [0.15, 0.2) is 36.0 Å². The Kier molecular flexibility index (Phi) is 6.11. The SMILES string of the molecule is COC(=O)/C(C#N)=C/NCc1ccc(OC(C)C)cc1. The largest absolute Gasteiger partial charge is 0.491 e. The first-order valence-electron chi connectivity index (χ1n) is 6.24. The number of ether oxygens (including phenoxy) is 2. The van der Waals surface area contributed by atoms with E-state index in [9.17, 15) is 4.79 Å². The van der Waals surface area contributed by atoms with Crippen molar-refractivity contribution in [1.29, 1.82) is 5.26 Å². The summed E-state index contributed by atoms with van der Waals surface area (Å²) in [5.41, 5.74) is 0.951. The van der Waals surface area contributed by atoms with E-state index in [4.69, 9.17) is 10.00 Å². The molecule has 5 nitrogen and oxygen atoms in total. The maximum Gasteiger partial charge on any atom is 0.350 e. The lowest BCUT2D eigenvalue weighted by molar-refractivity contribution is -0.135. The molecule has 1 aromatic rings. The van der Waals surface area contributed by atoms with Gasteiger partial charge in [-0.3, -0.25) is 0 Å². The zero-order chi connectivity index (χ0) is 15.0. The van der Waals surface area contributed by atoms with Crippen LogP contribution in [0.25, 0.3) is 0 Å². The Morgan fingerprint density at radius 2 is 2.05 bits per heavy atom. The van der Waals surface area contributed by atoms with Crippen LogP contribution < -0.4 is 10.1 Å². The predicted octanol–water partition coefficient (Wildman–Crippen LogP) is 2.14. The minimum atomic E-state index is -0.652. The van der Waals surface area contributed by atoms with Gasteiger partial charge in [-0.25, -0.2) is 4.79 Å². The summed E-state index contributed by atoms with van der Waals surface area (Å²) >= 11 is 0. The van der Waals surface area contributed by atoms with Crippen molar-refractivity contribution in [2.24, 2.45) is 0 Å². The monoisotopic (exact) mass is 274 g/mol. The number of hydrogen-bond donors (Lipinski definition) is 1. The zero-order valence-corrected chi connectivity index (χ0v) is 11.8. The Labute approximate surface area is 118 Å². The third kappa shape index (κ3) is 5.02. The van der Waals surface area contributed by atoms with Gasteiger partial charge in [0, 0.05) is 12.7 Å². The van der Waals surface area contributed by atoms with E-state index in [2.05, 4.69) is 10.1 Å². The summed E-state index contributed by atoms with van der Waals surface area (Å²) in [7, 11) is 1.24. The predicted molar refractivity (Wildman–Crippen MR) is 74.8 cm³/mol. The van der Waals surface area contributed by atoms with Crippen molar-refractivity contribution in [2.45, 2.75) is 26.5 Å². The van der Waals surface area contributed by atoms with Crippen molar-refractivity contribution in [3.63, 3.8) is 0 Å². The molecule has 0 radical (unpaired) electrons. The molecule has 5 heteroatoms. The lowest BCUT2D eigenvalue weighted by Crippen LogP contribution is -2.11. The number of hydrogen-bond acceptors (Lipinski definition) is 5. The number of methoxy groups -OCH3 is 1. The second kappa shape index (κ2) is 7.85. The van der Waals surface area contributed by atoms with Gasteiger partial charge in [0.05, 0.1) is 13.2 Å². The molecule has 0 spiro atoms. The first-order chi connectivity index (χ1) is 9.56. The van der Waals surface area contributed by atoms with Crippen molar-refractivity contribution in [2.75, 3.05) is 7.11 Å². The van der Waals surface area contributed by atoms with Crippen molar-refractivity contribution in [3.8, 4) is 11.8 Å². The molecule has 0 aliphatic carbocycles. The van der Waals surface area contributed by atoms with Gasteiger partial charge >= 0.3 is 5.97 Å². The van der Waals surface area contributed by atoms with Crippen LogP contribution in [-0.2, 0) is 16.1 Å². The number of esters is 1. The normalized spacial score (nSPS) is 10.8. The average Bonchev–Trinajstić information content (AvgIpc) is 2.44. The molecule has 0 atom stereocenters. The molecule has 1 aromatic carbocycles. The van der Waals surface area contributed by atoms with Gasteiger partial charge in [0.2, 0.25) is 0 Å². The van der Waals surface area contributed by atoms with Gasteiger partial charge in [-0.1, -0.05) is 12.1 Å². The Morgan fingerprint density at radius 1 is 1.40 bits per heavy atom. The maximum atomic E-state index is 11.2. The fourth-order valence-corrected chi connectivity index (χ4v) is 1.48. The van der Waals surface area contributed by atoms with Crippen LogP contribution >= 0.6 is 0 Å². The molecule has 0 saturated heterocycles. The van der Waals surface area contributed by atoms with Gasteiger partial charge in [0.1, 0.15) is 11.8 Å². The van der Waals surface area contributed by atoms with Crippen LogP contribution in [-0.4, -0.2) is 19.2 Å². The minimum Gasteiger partial charge on any atom is -0.491 e. The van der Waals surface area contributed by atoms with Gasteiger partial charge in [-0.05, 0) is 31.5 Å². The average molecular weight is 274 g/mol. The van der Waals surface area contributed by atoms with E-state index in [1.807, 2.05) is 38.1 Å². The Balaban J connectivity index is 2.56. The van der Waals surface area contributed by atoms with Gasteiger partial charge in [0.25, 0.3) is 0 Å². The molecule has 0 heterocycles. The van der Waals surface area contributed by atoms with Crippen molar-refractivity contribution < 1.29 is 14.3 Å². The minimum absolute atomic E-state index is 0.0627. The number of carbonyl (C=O) groups is 1. The molecule has 0 aliphatic heterocycles. The number of nitrogens with one attached hydrogen (secondary N) is 1. The van der Waals surface area contributed by atoms with Gasteiger partial charge < -0.3 is 14.8 Å². The third-order valence-corrected chi connectivity index (χ3v) is 2.37. The van der Waals surface area contributed by atoms with Gasteiger partial charge in [-0.2, -0.15) is 5.26 Å². The Morgan fingerprint density at radius 3 is 2.55 bits per heavy atom. The highest BCUT2D eigenvalue weighted by molar-refractivity contribution is 5.92. The summed E-state index contributed by atoms with van der Waals surface area (Å²) in [4.78, 5) is 11.2. The maximum absolute atomic E-state index is 11.2. The smallest absolute Gasteiger partial charge is 0.350 e. The Hall–Kier alpha value is -2.48. The second-order valence-corrected chi connectivity index (χ2v) is 4.35. The first-order valence-corrected chi connectivity index (χ1v) is 6.24. The number of carbonyl (C=O) groups excluding carboxylic acids is 1. The number of nitrogens with zero attached hydrogens (tertiary/aromatic N) is 1. The highest BCUT2D eigenvalue weighted by Crippen LogP contribution is 2.13. The number of benzene rings is 1. The van der Waals surface area contributed by atoms with Crippen LogP contribution in [0.2, 0.25) is 0 Å². The van der Waals surface area contributed by atoms with Crippen molar-refractivity contribution >= 4 is 5.97 Å². The molecule has 0 fully saturated rings. The van der Waals surface area contributed by atoms with Crippen LogP contribution in [0.3, 0.4) is 0 Å². The van der Waals surface area contributed by atoms with E-state index in [0.717, 1.165) is 11.3 Å². The molecular weight excluding hydrogens is 256 g/mol. The summed E-state index contributed by atoms with van der Waals surface area (Å²) in [6.07, 6.45) is 1.49. The van der Waals surface area contributed by atoms with E-state index < -0.39 is 5.97 Å². The van der Waals surface area contributed by atoms with E-state index in [1.54, 1.807) is 6.07 Å². The summed E-state index contributed by atoms with van der Waals surface area (Å²) < 4.78 is 10.0. The second-order valence-electron chi connectivity index (χ2n) is 4.35. The van der Waals surface area contributed by atoms with E-state index in [0.29, 0.717) is 6.54 Å². The van der Waals surface area contributed by atoms with Crippen LogP contribution in [0.1, 0.15) is 19.4 Å². The standard InChI is InChI=1S/C15H18N2O3/c1-11(2)20-14-6-4-12(5-7-14)9-17-10-13(8-16)15(18)19-3/h4-7,10-11,17H,9H2,1-3H3/b13-10+.